The summed E-state index contributed by atoms with van der Waals surface area (Å²) in [7, 11) is 0. The van der Waals surface area contributed by atoms with E-state index in [2.05, 4.69) is 13.2 Å². The molecule has 0 N–H and O–H groups in total. The predicted octanol–water partition coefficient (Wildman–Crippen LogP) is 4.03. The summed E-state index contributed by atoms with van der Waals surface area (Å²) in [6.45, 7) is 8.12. The Bertz CT molecular complexity index is 1530. The standard InChI is InChI=1S/C34H31N3O9S2/c1-4-16-45-33(43)27(36-29(39)23-10-6-7-11-24(23)30(36)40)20-47-18-14-35(22(3)38)15-19-48-21-28(34(44)46-17-5-2)37-31(41)25-12-8-9-13-26(25)32(37)42/h4-15,18-19,27-28H,1-2,16-17,20-21H2,3H3/b18-14-,19-15+/t27-,28-/m1/s1. The number of amides is 5. The van der Waals surface area contributed by atoms with E-state index in [0.717, 1.165) is 33.3 Å². The van der Waals surface area contributed by atoms with Crippen LogP contribution in [0.3, 0.4) is 0 Å². The summed E-state index contributed by atoms with van der Waals surface area (Å²) in [6, 6.07) is 10.0. The van der Waals surface area contributed by atoms with Crippen LogP contribution in [0, 0.1) is 0 Å². The summed E-state index contributed by atoms with van der Waals surface area (Å²) in [5, 5.41) is 3.02. The van der Waals surface area contributed by atoms with Gasteiger partial charge in [0.25, 0.3) is 23.6 Å². The SMILES string of the molecule is C=CCOC(=O)[C@@H](CS/C=C\N(/C=C/SC[C@H](C(=O)OCC=C)N1C(=O)c2ccccc2C1=O)C(C)=O)N1C(=O)c2ccccc2C1=O. The van der Waals surface area contributed by atoms with Gasteiger partial charge in [-0.05, 0) is 35.1 Å². The minimum Gasteiger partial charge on any atom is -0.460 e. The van der Waals surface area contributed by atoms with Crippen molar-refractivity contribution in [1.29, 1.82) is 0 Å². The van der Waals surface area contributed by atoms with Crippen molar-refractivity contribution >= 4 is 65.0 Å². The Morgan fingerprint density at radius 3 is 1.31 bits per heavy atom. The monoisotopic (exact) mass is 689 g/mol. The minimum absolute atomic E-state index is 0.0586. The van der Waals surface area contributed by atoms with Crippen molar-refractivity contribution in [1.82, 2.24) is 14.7 Å². The lowest BCUT2D eigenvalue weighted by atomic mass is 10.1. The molecular formula is C34H31N3O9S2. The summed E-state index contributed by atoms with van der Waals surface area (Å²) >= 11 is 2.13. The van der Waals surface area contributed by atoms with Gasteiger partial charge in [-0.2, -0.15) is 0 Å². The molecule has 2 heterocycles. The Balaban J connectivity index is 1.42. The van der Waals surface area contributed by atoms with Gasteiger partial charge in [0.1, 0.15) is 25.3 Å². The molecule has 5 amide bonds. The fourth-order valence-corrected chi connectivity index (χ4v) is 6.31. The Kier molecular flexibility index (Phi) is 12.3. The van der Waals surface area contributed by atoms with Gasteiger partial charge in [0.05, 0.1) is 22.3 Å². The molecule has 4 rings (SSSR count). The van der Waals surface area contributed by atoms with Crippen LogP contribution in [0.25, 0.3) is 0 Å². The lowest BCUT2D eigenvalue weighted by Gasteiger charge is -2.24. The lowest BCUT2D eigenvalue weighted by molar-refractivity contribution is -0.146. The van der Waals surface area contributed by atoms with Gasteiger partial charge in [0.15, 0.2) is 0 Å². The van der Waals surface area contributed by atoms with Gasteiger partial charge in [-0.25, -0.2) is 9.59 Å². The van der Waals surface area contributed by atoms with Crippen molar-refractivity contribution < 1.29 is 43.0 Å². The van der Waals surface area contributed by atoms with Gasteiger partial charge < -0.3 is 9.47 Å². The molecule has 0 aliphatic carbocycles. The second-order valence-corrected chi connectivity index (χ2v) is 12.0. The van der Waals surface area contributed by atoms with E-state index >= 15 is 0 Å². The highest BCUT2D eigenvalue weighted by Gasteiger charge is 2.44. The summed E-state index contributed by atoms with van der Waals surface area (Å²) in [4.78, 5) is 93.2. The normalized spacial score (nSPS) is 15.0. The zero-order valence-electron chi connectivity index (χ0n) is 25.8. The highest BCUT2D eigenvalue weighted by atomic mass is 32.2. The molecule has 0 saturated carbocycles. The van der Waals surface area contributed by atoms with Crippen molar-refractivity contribution in [2.24, 2.45) is 0 Å². The Labute approximate surface area is 285 Å². The molecule has 48 heavy (non-hydrogen) atoms. The third-order valence-corrected chi connectivity index (χ3v) is 8.66. The van der Waals surface area contributed by atoms with Crippen molar-refractivity contribution in [3.63, 3.8) is 0 Å². The van der Waals surface area contributed by atoms with E-state index in [4.69, 9.17) is 9.47 Å². The smallest absolute Gasteiger partial charge is 0.330 e. The molecule has 2 atom stereocenters. The summed E-state index contributed by atoms with van der Waals surface area (Å²) in [5.41, 5.74) is 0.756. The summed E-state index contributed by atoms with van der Waals surface area (Å²) in [6.07, 6.45) is 5.56. The zero-order valence-corrected chi connectivity index (χ0v) is 27.4. The average Bonchev–Trinajstić information content (AvgIpc) is 3.49. The van der Waals surface area contributed by atoms with E-state index in [1.807, 2.05) is 0 Å². The van der Waals surface area contributed by atoms with E-state index in [1.165, 1.54) is 71.5 Å². The zero-order chi connectivity index (χ0) is 34.8. The molecule has 0 saturated heterocycles. The highest BCUT2D eigenvalue weighted by molar-refractivity contribution is 8.02. The average molecular weight is 690 g/mol. The molecule has 0 aromatic heterocycles. The van der Waals surface area contributed by atoms with E-state index < -0.39 is 47.7 Å². The van der Waals surface area contributed by atoms with Crippen molar-refractivity contribution in [3.05, 3.63) is 119 Å². The molecule has 0 fully saturated rings. The molecule has 12 nitrogen and oxygen atoms in total. The van der Waals surface area contributed by atoms with Gasteiger partial charge >= 0.3 is 11.9 Å². The van der Waals surface area contributed by atoms with Crippen LogP contribution in [-0.4, -0.2) is 93.0 Å². The second kappa shape index (κ2) is 16.6. The number of ether oxygens (including phenoxy) is 2. The first-order chi connectivity index (χ1) is 23.1. The first-order valence-electron chi connectivity index (χ1n) is 14.5. The Hall–Kier alpha value is -5.21. The topological polar surface area (TPSA) is 148 Å². The third-order valence-electron chi connectivity index (χ3n) is 7.01. The number of fused-ring (bicyclic) bond motifs is 2. The number of carbonyl (C=O) groups excluding carboxylic acids is 7. The van der Waals surface area contributed by atoms with Crippen LogP contribution in [0.5, 0.6) is 0 Å². The molecule has 0 bridgehead atoms. The number of nitrogens with zero attached hydrogens (tertiary/aromatic N) is 3. The largest absolute Gasteiger partial charge is 0.460 e. The molecule has 14 heteroatoms. The molecule has 2 aromatic rings. The van der Waals surface area contributed by atoms with Crippen molar-refractivity contribution in [2.75, 3.05) is 24.7 Å². The van der Waals surface area contributed by atoms with Crippen LogP contribution in [0.2, 0.25) is 0 Å². The number of hydrogen-bond donors (Lipinski definition) is 0. The summed E-state index contributed by atoms with van der Waals surface area (Å²) < 4.78 is 10.3. The molecule has 2 aromatic carbocycles. The molecule has 0 spiro atoms. The maximum Gasteiger partial charge on any atom is 0.330 e. The van der Waals surface area contributed by atoms with Crippen LogP contribution in [0.15, 0.2) is 97.1 Å². The molecule has 2 aliphatic heterocycles. The number of hydrogen-bond acceptors (Lipinski definition) is 11. The highest BCUT2D eigenvalue weighted by Crippen LogP contribution is 2.28. The summed E-state index contributed by atoms with van der Waals surface area (Å²) in [5.74, 6) is -4.52. The fourth-order valence-electron chi connectivity index (χ4n) is 4.72. The molecular weight excluding hydrogens is 659 g/mol. The quantitative estimate of drug-likeness (QED) is 0.143. The number of benzene rings is 2. The maximum absolute atomic E-state index is 13.0. The van der Waals surface area contributed by atoms with Crippen molar-refractivity contribution in [3.8, 4) is 0 Å². The molecule has 0 unspecified atom stereocenters. The van der Waals surface area contributed by atoms with Gasteiger partial charge in [0, 0.05) is 30.8 Å². The first-order valence-corrected chi connectivity index (χ1v) is 16.6. The number of esters is 2. The van der Waals surface area contributed by atoms with Gasteiger partial charge in [-0.3, -0.25) is 38.7 Å². The first kappa shape index (κ1) is 35.6. The van der Waals surface area contributed by atoms with Crippen LogP contribution in [-0.2, 0) is 23.9 Å². The molecule has 248 valence electrons. The van der Waals surface area contributed by atoms with Crippen LogP contribution < -0.4 is 0 Å². The van der Waals surface area contributed by atoms with E-state index in [9.17, 15) is 33.6 Å². The molecule has 2 aliphatic rings. The second-order valence-electron chi connectivity index (χ2n) is 10.1. The predicted molar refractivity (Wildman–Crippen MR) is 179 cm³/mol. The lowest BCUT2D eigenvalue weighted by Crippen LogP contribution is -2.47. The van der Waals surface area contributed by atoms with E-state index in [1.54, 1.807) is 24.3 Å². The van der Waals surface area contributed by atoms with Crippen LogP contribution >= 0.6 is 23.5 Å². The van der Waals surface area contributed by atoms with Gasteiger partial charge in [-0.1, -0.05) is 49.6 Å². The number of carbonyl (C=O) groups is 7. The number of thioether (sulfide) groups is 2. The third kappa shape index (κ3) is 7.83. The minimum atomic E-state index is -1.25. The molecule has 0 radical (unpaired) electrons. The van der Waals surface area contributed by atoms with Gasteiger partial charge in [-0.15, -0.1) is 23.5 Å². The Morgan fingerprint density at radius 1 is 0.688 bits per heavy atom. The van der Waals surface area contributed by atoms with Crippen molar-refractivity contribution in [2.45, 2.75) is 19.0 Å². The fraction of sp³-hybridized carbons (Fsp3) is 0.206. The van der Waals surface area contributed by atoms with Crippen LogP contribution in [0.4, 0.5) is 0 Å². The maximum atomic E-state index is 13.0. The Morgan fingerprint density at radius 2 is 1.02 bits per heavy atom. The van der Waals surface area contributed by atoms with E-state index in [-0.39, 0.29) is 52.9 Å². The van der Waals surface area contributed by atoms with E-state index in [0.29, 0.717) is 0 Å². The van der Waals surface area contributed by atoms with Gasteiger partial charge in [0.2, 0.25) is 5.91 Å². The number of rotatable bonds is 16. The number of imide groups is 2. The van der Waals surface area contributed by atoms with Crippen LogP contribution in [0.1, 0.15) is 48.4 Å².